The zero-order valence-electron chi connectivity index (χ0n) is 16.7. The first-order valence-corrected chi connectivity index (χ1v) is 10.4. The molecule has 0 fully saturated rings. The molecule has 3 nitrogen and oxygen atoms in total. The van der Waals surface area contributed by atoms with E-state index in [1.54, 1.807) is 4.90 Å². The van der Waals surface area contributed by atoms with Crippen molar-refractivity contribution in [2.24, 2.45) is 0 Å². The normalized spacial score (nSPS) is 11.1. The van der Waals surface area contributed by atoms with Gasteiger partial charge in [-0.05, 0) is 36.6 Å². The number of aromatic nitrogens is 1. The number of hydrogen-bond acceptors (Lipinski definition) is 3. The number of halogens is 2. The summed E-state index contributed by atoms with van der Waals surface area (Å²) in [5.41, 5.74) is 4.06. The average Bonchev–Trinajstić information content (AvgIpc) is 3.13. The smallest absolute Gasteiger partial charge is 0.233 e. The highest BCUT2D eigenvalue weighted by Gasteiger charge is 2.22. The fraction of sp³-hybridized carbons (Fsp3) is 0.167. The van der Waals surface area contributed by atoms with Gasteiger partial charge in [0.25, 0.3) is 0 Å². The van der Waals surface area contributed by atoms with Crippen LogP contribution in [-0.2, 0) is 17.8 Å². The molecular weight excluding hydrogens is 402 g/mol. The topological polar surface area (TPSA) is 33.2 Å². The summed E-state index contributed by atoms with van der Waals surface area (Å²) in [6.45, 7) is 4.26. The molecule has 3 aromatic carbocycles. The summed E-state index contributed by atoms with van der Waals surface area (Å²) in [7, 11) is 0. The number of nitrogens with zero attached hydrogens (tertiary/aromatic N) is 2. The van der Waals surface area contributed by atoms with E-state index < -0.39 is 11.6 Å². The van der Waals surface area contributed by atoms with Crippen molar-refractivity contribution in [1.82, 2.24) is 4.98 Å². The van der Waals surface area contributed by atoms with E-state index in [1.807, 2.05) is 62.4 Å². The number of carbonyl (C=O) groups excluding carboxylic acids is 1. The number of benzene rings is 3. The quantitative estimate of drug-likeness (QED) is 0.397. The van der Waals surface area contributed by atoms with Crippen molar-refractivity contribution in [2.75, 3.05) is 4.90 Å². The largest absolute Gasteiger partial charge is 0.283 e. The molecule has 0 atom stereocenters. The van der Waals surface area contributed by atoms with Crippen LogP contribution in [0.25, 0.3) is 10.2 Å². The molecule has 1 amide bonds. The molecule has 152 valence electrons. The number of thiazole rings is 1. The summed E-state index contributed by atoms with van der Waals surface area (Å²) in [5.74, 6) is -1.53. The molecule has 0 aliphatic rings. The van der Waals surface area contributed by atoms with Gasteiger partial charge in [0.15, 0.2) is 10.9 Å². The van der Waals surface area contributed by atoms with E-state index in [0.717, 1.165) is 39.7 Å². The Morgan fingerprint density at radius 1 is 1.03 bits per heavy atom. The van der Waals surface area contributed by atoms with Crippen molar-refractivity contribution < 1.29 is 13.6 Å². The Hall–Kier alpha value is -3.12. The first-order chi connectivity index (χ1) is 14.4. The molecule has 6 heteroatoms. The SMILES string of the molecule is Cc1ccc(C)c(CC(=O)N(Cc2ccccc2)c2nc3c(F)cc(F)cc3s2)c1. The molecule has 0 saturated carbocycles. The summed E-state index contributed by atoms with van der Waals surface area (Å²) in [6.07, 6.45) is 0.202. The maximum atomic E-state index is 14.2. The first kappa shape index (κ1) is 20.2. The second kappa shape index (κ2) is 8.32. The molecule has 30 heavy (non-hydrogen) atoms. The van der Waals surface area contributed by atoms with E-state index in [2.05, 4.69) is 4.98 Å². The van der Waals surface area contributed by atoms with E-state index in [4.69, 9.17) is 0 Å². The van der Waals surface area contributed by atoms with Crippen LogP contribution >= 0.6 is 11.3 Å². The molecule has 0 unspecified atom stereocenters. The van der Waals surface area contributed by atoms with Crippen LogP contribution in [0.3, 0.4) is 0 Å². The summed E-state index contributed by atoms with van der Waals surface area (Å²) < 4.78 is 28.2. The van der Waals surface area contributed by atoms with Gasteiger partial charge in [0.05, 0.1) is 17.7 Å². The van der Waals surface area contributed by atoms with E-state index in [9.17, 15) is 13.6 Å². The highest BCUT2D eigenvalue weighted by Crippen LogP contribution is 2.32. The van der Waals surface area contributed by atoms with Crippen molar-refractivity contribution in [2.45, 2.75) is 26.8 Å². The van der Waals surface area contributed by atoms with Gasteiger partial charge in [0, 0.05) is 6.07 Å². The molecule has 4 aromatic rings. The van der Waals surface area contributed by atoms with Crippen LogP contribution in [-0.4, -0.2) is 10.9 Å². The van der Waals surface area contributed by atoms with E-state index in [1.165, 1.54) is 6.07 Å². The molecule has 0 radical (unpaired) electrons. The highest BCUT2D eigenvalue weighted by molar-refractivity contribution is 7.22. The van der Waals surface area contributed by atoms with Crippen molar-refractivity contribution in [3.8, 4) is 0 Å². The lowest BCUT2D eigenvalue weighted by atomic mass is 10.0. The van der Waals surface area contributed by atoms with Gasteiger partial charge in [-0.1, -0.05) is 65.4 Å². The monoisotopic (exact) mass is 422 g/mol. The Balaban J connectivity index is 1.73. The Morgan fingerprint density at radius 3 is 2.57 bits per heavy atom. The van der Waals surface area contributed by atoms with Crippen molar-refractivity contribution >= 4 is 32.6 Å². The third-order valence-corrected chi connectivity index (χ3v) is 5.99. The highest BCUT2D eigenvalue weighted by atomic mass is 32.1. The van der Waals surface area contributed by atoms with Gasteiger partial charge in [0.1, 0.15) is 11.3 Å². The van der Waals surface area contributed by atoms with Crippen LogP contribution in [0, 0.1) is 25.5 Å². The minimum atomic E-state index is -0.728. The van der Waals surface area contributed by atoms with Gasteiger partial charge in [-0.25, -0.2) is 13.8 Å². The Bertz CT molecular complexity index is 1220. The zero-order chi connectivity index (χ0) is 21.3. The molecule has 4 rings (SSSR count). The molecule has 0 saturated heterocycles. The van der Waals surface area contributed by atoms with Crippen molar-refractivity contribution in [3.63, 3.8) is 0 Å². The van der Waals surface area contributed by atoms with Gasteiger partial charge in [0.2, 0.25) is 5.91 Å². The third-order valence-electron chi connectivity index (χ3n) is 4.96. The number of fused-ring (bicyclic) bond motifs is 1. The number of rotatable bonds is 5. The lowest BCUT2D eigenvalue weighted by Gasteiger charge is -2.21. The van der Waals surface area contributed by atoms with Crippen molar-refractivity contribution in [1.29, 1.82) is 0 Å². The first-order valence-electron chi connectivity index (χ1n) is 9.57. The maximum Gasteiger partial charge on any atom is 0.233 e. The summed E-state index contributed by atoms with van der Waals surface area (Å²) in [6, 6.07) is 17.6. The predicted octanol–water partition coefficient (Wildman–Crippen LogP) is 5.97. The maximum absolute atomic E-state index is 14.2. The van der Waals surface area contributed by atoms with Crippen LogP contribution in [0.4, 0.5) is 13.9 Å². The van der Waals surface area contributed by atoms with Crippen LogP contribution in [0.5, 0.6) is 0 Å². The molecular formula is C24H20F2N2OS. The van der Waals surface area contributed by atoms with Crippen LogP contribution in [0.2, 0.25) is 0 Å². The van der Waals surface area contributed by atoms with E-state index in [0.29, 0.717) is 16.4 Å². The lowest BCUT2D eigenvalue weighted by molar-refractivity contribution is -0.118. The molecule has 0 aliphatic carbocycles. The van der Waals surface area contributed by atoms with Gasteiger partial charge in [-0.3, -0.25) is 9.69 Å². The molecule has 1 aromatic heterocycles. The Kier molecular flexibility index (Phi) is 5.59. The van der Waals surface area contributed by atoms with E-state index in [-0.39, 0.29) is 17.8 Å². The minimum Gasteiger partial charge on any atom is -0.283 e. The Morgan fingerprint density at radius 2 is 1.80 bits per heavy atom. The second-order valence-corrected chi connectivity index (χ2v) is 8.31. The summed E-state index contributed by atoms with van der Waals surface area (Å²) in [4.78, 5) is 19.2. The molecule has 1 heterocycles. The average molecular weight is 423 g/mol. The molecule has 0 N–H and O–H groups in total. The number of carbonyl (C=O) groups is 1. The van der Waals surface area contributed by atoms with Crippen molar-refractivity contribution in [3.05, 3.63) is 94.6 Å². The van der Waals surface area contributed by atoms with Gasteiger partial charge in [-0.15, -0.1) is 0 Å². The fourth-order valence-corrected chi connectivity index (χ4v) is 4.36. The van der Waals surface area contributed by atoms with Crippen LogP contribution in [0.1, 0.15) is 22.3 Å². The molecule has 0 bridgehead atoms. The van der Waals surface area contributed by atoms with Crippen LogP contribution in [0.15, 0.2) is 60.7 Å². The number of aryl methyl sites for hydroxylation is 2. The third kappa shape index (κ3) is 4.24. The number of hydrogen-bond donors (Lipinski definition) is 0. The Labute approximate surface area is 177 Å². The minimum absolute atomic E-state index is 0.0778. The van der Waals surface area contributed by atoms with Crippen LogP contribution < -0.4 is 4.90 Å². The zero-order valence-corrected chi connectivity index (χ0v) is 17.5. The van der Waals surface area contributed by atoms with E-state index >= 15 is 0 Å². The fourth-order valence-electron chi connectivity index (χ4n) is 3.34. The predicted molar refractivity (Wildman–Crippen MR) is 117 cm³/mol. The van der Waals surface area contributed by atoms with Gasteiger partial charge >= 0.3 is 0 Å². The standard InChI is InChI=1S/C24H20F2N2OS/c1-15-8-9-16(2)18(10-15)11-22(29)28(14-17-6-4-3-5-7-17)24-27-23-20(26)12-19(25)13-21(23)30-24/h3-10,12-13H,11,14H2,1-2H3. The second-order valence-electron chi connectivity index (χ2n) is 7.30. The summed E-state index contributed by atoms with van der Waals surface area (Å²) in [5, 5.41) is 0.355. The molecule has 0 spiro atoms. The lowest BCUT2D eigenvalue weighted by Crippen LogP contribution is -2.32. The molecule has 0 aliphatic heterocycles. The number of amides is 1. The van der Waals surface area contributed by atoms with Gasteiger partial charge < -0.3 is 0 Å². The number of anilines is 1. The summed E-state index contributed by atoms with van der Waals surface area (Å²) >= 11 is 1.11. The van der Waals surface area contributed by atoms with Gasteiger partial charge in [-0.2, -0.15) is 0 Å².